The Bertz CT molecular complexity index is 957. The van der Waals surface area contributed by atoms with E-state index in [4.69, 9.17) is 0 Å². The van der Waals surface area contributed by atoms with Crippen molar-refractivity contribution in [2.45, 2.75) is 31.8 Å². The van der Waals surface area contributed by atoms with Gasteiger partial charge in [-0.2, -0.15) is 13.3 Å². The van der Waals surface area contributed by atoms with E-state index in [1.54, 1.807) is 0 Å². The topological polar surface area (TPSA) is 61.4 Å². The maximum absolute atomic E-state index is 12.9. The van der Waals surface area contributed by atoms with Gasteiger partial charge in [-0.15, -0.1) is 5.10 Å². The van der Waals surface area contributed by atoms with Gasteiger partial charge in [0.15, 0.2) is 5.65 Å². The molecule has 1 aromatic carbocycles. The van der Waals surface area contributed by atoms with E-state index in [1.165, 1.54) is 10.6 Å². The highest BCUT2D eigenvalue weighted by Gasteiger charge is 2.22. The van der Waals surface area contributed by atoms with Gasteiger partial charge in [-0.3, -0.25) is 4.57 Å². The molecule has 0 aliphatic rings. The van der Waals surface area contributed by atoms with Crippen LogP contribution in [0, 0.1) is 5.92 Å². The lowest BCUT2D eigenvalue weighted by Crippen LogP contribution is -2.32. The Labute approximate surface area is 156 Å². The highest BCUT2D eigenvalue weighted by Crippen LogP contribution is 2.29. The number of halogens is 3. The minimum Gasteiger partial charge on any atom is -0.415 e. The van der Waals surface area contributed by atoms with Crippen LogP contribution in [0.25, 0.3) is 5.65 Å². The summed E-state index contributed by atoms with van der Waals surface area (Å²) in [4.78, 5) is 17.2. The summed E-state index contributed by atoms with van der Waals surface area (Å²) in [6, 6.07) is 10.7. The van der Waals surface area contributed by atoms with Gasteiger partial charge >= 0.3 is 12.3 Å². The number of aromatic nitrogens is 4. The number of ether oxygens (including phenoxy) is 1. The fourth-order valence-electron chi connectivity index (χ4n) is 2.53. The first-order valence-corrected chi connectivity index (χ1v) is 8.91. The van der Waals surface area contributed by atoms with Crippen molar-refractivity contribution in [1.82, 2.24) is 19.2 Å². The average molecular weight is 427 g/mol. The summed E-state index contributed by atoms with van der Waals surface area (Å²) in [7, 11) is 0. The number of fused-ring (bicyclic) bond motifs is 1. The molecule has 0 aliphatic heterocycles. The third kappa shape index (κ3) is 3.77. The van der Waals surface area contributed by atoms with Crippen LogP contribution in [0.4, 0.5) is 8.78 Å². The van der Waals surface area contributed by atoms with Gasteiger partial charge in [0.25, 0.3) is 0 Å². The van der Waals surface area contributed by atoms with Crippen molar-refractivity contribution in [3.8, 4) is 5.88 Å². The lowest BCUT2D eigenvalue weighted by atomic mass is 10.1. The smallest absolute Gasteiger partial charge is 0.388 e. The molecule has 2 aromatic heterocycles. The zero-order valence-electron chi connectivity index (χ0n) is 14.1. The maximum Gasteiger partial charge on any atom is 0.388 e. The van der Waals surface area contributed by atoms with Gasteiger partial charge in [-0.25, -0.2) is 9.78 Å². The van der Waals surface area contributed by atoms with Gasteiger partial charge in [0.2, 0.25) is 5.88 Å². The second-order valence-corrected chi connectivity index (χ2v) is 7.09. The van der Waals surface area contributed by atoms with Crippen molar-refractivity contribution in [3.05, 3.63) is 58.3 Å². The molecule has 3 aromatic rings. The van der Waals surface area contributed by atoms with Gasteiger partial charge in [-0.05, 0) is 11.5 Å². The molecule has 1 atom stereocenters. The first-order valence-electron chi connectivity index (χ1n) is 8.00. The second kappa shape index (κ2) is 7.53. The molecule has 0 bridgehead atoms. The third-order valence-electron chi connectivity index (χ3n) is 3.81. The van der Waals surface area contributed by atoms with Crippen molar-refractivity contribution in [3.63, 3.8) is 0 Å². The monoisotopic (exact) mass is 426 g/mol. The van der Waals surface area contributed by atoms with E-state index in [2.05, 4.69) is 30.7 Å². The zero-order chi connectivity index (χ0) is 18.8. The molecule has 6 nitrogen and oxygen atoms in total. The Morgan fingerprint density at radius 2 is 1.92 bits per heavy atom. The normalized spacial score (nSPS) is 12.9. The Kier molecular flexibility index (Phi) is 5.36. The van der Waals surface area contributed by atoms with Crippen molar-refractivity contribution in [2.24, 2.45) is 5.92 Å². The quantitative estimate of drug-likeness (QED) is 0.564. The summed E-state index contributed by atoms with van der Waals surface area (Å²) in [6.45, 7) is 1.25. The van der Waals surface area contributed by atoms with Crippen LogP contribution in [0.15, 0.2) is 41.2 Å². The summed E-state index contributed by atoms with van der Waals surface area (Å²) in [5, 5.41) is 3.80. The SMILES string of the molecule is CC(C)C(Br)c1nc2cc(OC(F)F)nn2c(=O)n1Cc1ccccc1. The summed E-state index contributed by atoms with van der Waals surface area (Å²) in [6.07, 6.45) is 0. The zero-order valence-corrected chi connectivity index (χ0v) is 15.7. The first kappa shape index (κ1) is 18.5. The summed E-state index contributed by atoms with van der Waals surface area (Å²) in [5.41, 5.74) is 0.606. The van der Waals surface area contributed by atoms with Crippen LogP contribution < -0.4 is 10.4 Å². The van der Waals surface area contributed by atoms with Gasteiger partial charge in [-0.1, -0.05) is 60.1 Å². The molecule has 0 radical (unpaired) electrons. The number of alkyl halides is 3. The van der Waals surface area contributed by atoms with Crippen LogP contribution in [0.3, 0.4) is 0 Å². The molecule has 2 heterocycles. The van der Waals surface area contributed by atoms with Gasteiger partial charge in [0.1, 0.15) is 5.82 Å². The van der Waals surface area contributed by atoms with E-state index in [0.717, 1.165) is 10.1 Å². The van der Waals surface area contributed by atoms with Crippen LogP contribution in [-0.2, 0) is 6.54 Å². The van der Waals surface area contributed by atoms with Crippen LogP contribution in [0.5, 0.6) is 5.88 Å². The first-order chi connectivity index (χ1) is 12.4. The molecule has 0 fully saturated rings. The average Bonchev–Trinajstić information content (AvgIpc) is 2.99. The Morgan fingerprint density at radius 1 is 1.23 bits per heavy atom. The summed E-state index contributed by atoms with van der Waals surface area (Å²) in [5.74, 6) is 0.319. The van der Waals surface area contributed by atoms with Gasteiger partial charge in [0, 0.05) is 6.07 Å². The predicted molar refractivity (Wildman–Crippen MR) is 95.9 cm³/mol. The molecule has 0 amide bonds. The molecule has 26 heavy (non-hydrogen) atoms. The van der Waals surface area contributed by atoms with Crippen LogP contribution in [0.1, 0.15) is 30.1 Å². The van der Waals surface area contributed by atoms with E-state index in [9.17, 15) is 13.6 Å². The molecule has 3 rings (SSSR count). The number of rotatable bonds is 6. The summed E-state index contributed by atoms with van der Waals surface area (Å²) >= 11 is 3.58. The Hall–Kier alpha value is -2.29. The van der Waals surface area contributed by atoms with E-state index in [0.29, 0.717) is 5.82 Å². The molecule has 0 saturated carbocycles. The van der Waals surface area contributed by atoms with Crippen LogP contribution in [-0.4, -0.2) is 25.8 Å². The molecule has 9 heteroatoms. The third-order valence-corrected chi connectivity index (χ3v) is 5.28. The second-order valence-electron chi connectivity index (χ2n) is 6.10. The minimum atomic E-state index is -3.02. The highest BCUT2D eigenvalue weighted by molar-refractivity contribution is 9.09. The van der Waals surface area contributed by atoms with Gasteiger partial charge < -0.3 is 4.74 Å². The molecular formula is C17H17BrF2N4O2. The fraction of sp³-hybridized carbons (Fsp3) is 0.353. The number of nitrogens with zero attached hydrogens (tertiary/aromatic N) is 4. The highest BCUT2D eigenvalue weighted by atomic mass is 79.9. The molecule has 138 valence electrons. The van der Waals surface area contributed by atoms with Crippen LogP contribution >= 0.6 is 15.9 Å². The predicted octanol–water partition coefficient (Wildman–Crippen LogP) is 3.63. The molecular weight excluding hydrogens is 410 g/mol. The van der Waals surface area contributed by atoms with E-state index in [-0.39, 0.29) is 28.8 Å². The van der Waals surface area contributed by atoms with Crippen molar-refractivity contribution in [1.29, 1.82) is 0 Å². The summed E-state index contributed by atoms with van der Waals surface area (Å²) < 4.78 is 31.7. The number of hydrogen-bond donors (Lipinski definition) is 0. The molecule has 0 saturated heterocycles. The molecule has 1 unspecified atom stereocenters. The van der Waals surface area contributed by atoms with Crippen molar-refractivity contribution in [2.75, 3.05) is 0 Å². The molecule has 0 N–H and O–H groups in total. The van der Waals surface area contributed by atoms with E-state index < -0.39 is 12.3 Å². The molecule has 0 aliphatic carbocycles. The largest absolute Gasteiger partial charge is 0.415 e. The maximum atomic E-state index is 12.9. The lowest BCUT2D eigenvalue weighted by Gasteiger charge is -2.19. The Balaban J connectivity index is 2.16. The van der Waals surface area contributed by atoms with Crippen molar-refractivity contribution >= 4 is 21.6 Å². The standard InChI is InChI=1S/C17H17BrF2N4O2/c1-10(2)14(18)15-21-12-8-13(26-16(19)20)22-24(12)17(25)23(15)9-11-6-4-3-5-7-11/h3-8,10,14,16H,9H2,1-2H3. The van der Waals surface area contributed by atoms with E-state index in [1.807, 2.05) is 44.2 Å². The van der Waals surface area contributed by atoms with Gasteiger partial charge in [0.05, 0.1) is 11.4 Å². The minimum absolute atomic E-state index is 0.158. The van der Waals surface area contributed by atoms with Crippen molar-refractivity contribution < 1.29 is 13.5 Å². The fourth-order valence-corrected chi connectivity index (χ4v) is 2.88. The van der Waals surface area contributed by atoms with E-state index >= 15 is 0 Å². The number of hydrogen-bond acceptors (Lipinski definition) is 4. The Morgan fingerprint density at radius 3 is 2.54 bits per heavy atom. The van der Waals surface area contributed by atoms with Crippen LogP contribution in [0.2, 0.25) is 0 Å². The number of benzene rings is 1. The lowest BCUT2D eigenvalue weighted by molar-refractivity contribution is -0.0530. The molecule has 0 spiro atoms.